The third kappa shape index (κ3) is 2.30. The van der Waals surface area contributed by atoms with E-state index in [-0.39, 0.29) is 18.3 Å². The van der Waals surface area contributed by atoms with Crippen molar-refractivity contribution in [3.63, 3.8) is 0 Å². The van der Waals surface area contributed by atoms with E-state index in [4.69, 9.17) is 4.42 Å². The molecule has 0 bridgehead atoms. The summed E-state index contributed by atoms with van der Waals surface area (Å²) >= 11 is 0. The number of aromatic nitrogens is 5. The van der Waals surface area contributed by atoms with E-state index >= 15 is 0 Å². The highest BCUT2D eigenvalue weighted by atomic mass is 19.1. The zero-order chi connectivity index (χ0) is 15.8. The first-order valence-corrected chi connectivity index (χ1v) is 6.83. The molecule has 3 heterocycles. The lowest BCUT2D eigenvalue weighted by Crippen LogP contribution is -2.04. The molecule has 0 amide bonds. The minimum absolute atomic E-state index is 0.0697. The summed E-state index contributed by atoms with van der Waals surface area (Å²) in [6, 6.07) is 9.98. The van der Waals surface area contributed by atoms with Gasteiger partial charge in [-0.1, -0.05) is 18.2 Å². The molecule has 0 aliphatic rings. The Morgan fingerprint density at radius 3 is 2.87 bits per heavy atom. The first kappa shape index (κ1) is 13.4. The Kier molecular flexibility index (Phi) is 3.00. The van der Waals surface area contributed by atoms with Crippen molar-refractivity contribution < 1.29 is 8.81 Å². The van der Waals surface area contributed by atoms with E-state index in [0.717, 1.165) is 0 Å². The van der Waals surface area contributed by atoms with E-state index in [9.17, 15) is 9.18 Å². The summed E-state index contributed by atoms with van der Waals surface area (Å²) in [6.45, 7) is 0.203. The Balaban J connectivity index is 1.88. The maximum absolute atomic E-state index is 13.9. The number of rotatable bonds is 3. The summed E-state index contributed by atoms with van der Waals surface area (Å²) in [7, 11) is 0. The second-order valence-corrected chi connectivity index (χ2v) is 4.89. The topological polar surface area (TPSA) is 89.6 Å². The van der Waals surface area contributed by atoms with Crippen LogP contribution in [0.25, 0.3) is 22.6 Å². The number of benzene rings is 1. The molecule has 0 aliphatic heterocycles. The van der Waals surface area contributed by atoms with Crippen LogP contribution in [-0.4, -0.2) is 25.0 Å². The Bertz CT molecular complexity index is 1050. The SMILES string of the molecule is O=c1[nH]nc(-c2nn(Cc3ccccc3F)c3ncccc23)o1. The lowest BCUT2D eigenvalue weighted by Gasteiger charge is -2.04. The molecule has 1 N–H and O–H groups in total. The minimum Gasteiger partial charge on any atom is -0.386 e. The van der Waals surface area contributed by atoms with Gasteiger partial charge in [-0.15, -0.1) is 5.10 Å². The molecule has 0 fully saturated rings. The molecular weight excluding hydrogens is 301 g/mol. The fraction of sp³-hybridized carbons (Fsp3) is 0.0667. The molecule has 8 heteroatoms. The summed E-state index contributed by atoms with van der Waals surface area (Å²) in [5.74, 6) is -0.916. The molecule has 114 valence electrons. The van der Waals surface area contributed by atoms with Crippen molar-refractivity contribution in [3.8, 4) is 11.6 Å². The van der Waals surface area contributed by atoms with Gasteiger partial charge >= 0.3 is 5.76 Å². The molecule has 0 saturated heterocycles. The van der Waals surface area contributed by atoms with Gasteiger partial charge in [0.05, 0.1) is 11.9 Å². The van der Waals surface area contributed by atoms with Crippen LogP contribution in [-0.2, 0) is 6.54 Å². The van der Waals surface area contributed by atoms with Crippen LogP contribution in [0.4, 0.5) is 4.39 Å². The highest BCUT2D eigenvalue weighted by Gasteiger charge is 2.18. The van der Waals surface area contributed by atoms with Crippen LogP contribution in [0.3, 0.4) is 0 Å². The van der Waals surface area contributed by atoms with Crippen LogP contribution in [0.5, 0.6) is 0 Å². The number of hydrogen-bond donors (Lipinski definition) is 1. The highest BCUT2D eigenvalue weighted by Crippen LogP contribution is 2.25. The van der Waals surface area contributed by atoms with Gasteiger partial charge in [0.15, 0.2) is 11.3 Å². The standard InChI is InChI=1S/C15H10FN5O2/c16-11-6-2-1-4-9(11)8-21-13-10(5-3-7-17-13)12(20-21)14-18-19-15(22)23-14/h1-7H,8H2,(H,19,22). The summed E-state index contributed by atoms with van der Waals surface area (Å²) in [5, 5.41) is 11.0. The molecule has 0 saturated carbocycles. The number of fused-ring (bicyclic) bond motifs is 1. The van der Waals surface area contributed by atoms with Crippen LogP contribution in [0, 0.1) is 5.82 Å². The maximum atomic E-state index is 13.9. The van der Waals surface area contributed by atoms with Crippen molar-refractivity contribution in [3.05, 3.63) is 64.5 Å². The molecule has 7 nitrogen and oxygen atoms in total. The monoisotopic (exact) mass is 311 g/mol. The van der Waals surface area contributed by atoms with Crippen LogP contribution in [0.2, 0.25) is 0 Å². The minimum atomic E-state index is -0.666. The lowest BCUT2D eigenvalue weighted by atomic mass is 10.2. The van der Waals surface area contributed by atoms with E-state index in [1.54, 1.807) is 41.2 Å². The molecule has 0 spiro atoms. The van der Waals surface area contributed by atoms with Gasteiger partial charge in [0.2, 0.25) is 0 Å². The van der Waals surface area contributed by atoms with E-state index in [1.165, 1.54) is 6.07 Å². The highest BCUT2D eigenvalue weighted by molar-refractivity contribution is 5.88. The van der Waals surface area contributed by atoms with E-state index in [1.807, 2.05) is 0 Å². The molecular formula is C15H10FN5O2. The summed E-state index contributed by atoms with van der Waals surface area (Å²) in [6.07, 6.45) is 1.62. The van der Waals surface area contributed by atoms with E-state index in [0.29, 0.717) is 22.3 Å². The molecule has 0 unspecified atom stereocenters. The number of nitrogens with one attached hydrogen (secondary N) is 1. The summed E-state index contributed by atoms with van der Waals surface area (Å²) in [5.41, 5.74) is 1.41. The second-order valence-electron chi connectivity index (χ2n) is 4.89. The van der Waals surface area contributed by atoms with Gasteiger partial charge in [0, 0.05) is 11.8 Å². The quantitative estimate of drug-likeness (QED) is 0.624. The first-order chi connectivity index (χ1) is 11.2. The zero-order valence-electron chi connectivity index (χ0n) is 11.7. The Hall–Kier alpha value is -3.29. The maximum Gasteiger partial charge on any atom is 0.434 e. The van der Waals surface area contributed by atoms with Gasteiger partial charge in [0.1, 0.15) is 5.82 Å². The number of H-pyrrole nitrogens is 1. The number of hydrogen-bond acceptors (Lipinski definition) is 5. The van der Waals surface area contributed by atoms with E-state index in [2.05, 4.69) is 20.3 Å². The predicted molar refractivity (Wildman–Crippen MR) is 79.1 cm³/mol. The summed E-state index contributed by atoms with van der Waals surface area (Å²) in [4.78, 5) is 15.4. The molecule has 4 aromatic rings. The van der Waals surface area contributed by atoms with E-state index < -0.39 is 5.76 Å². The third-order valence-electron chi connectivity index (χ3n) is 3.43. The molecule has 1 aromatic carbocycles. The first-order valence-electron chi connectivity index (χ1n) is 6.83. The van der Waals surface area contributed by atoms with Crippen LogP contribution >= 0.6 is 0 Å². The normalized spacial score (nSPS) is 11.2. The van der Waals surface area contributed by atoms with Crippen LogP contribution in [0.1, 0.15) is 5.56 Å². The molecule has 4 rings (SSSR count). The Morgan fingerprint density at radius 1 is 1.22 bits per heavy atom. The molecule has 0 atom stereocenters. The van der Waals surface area contributed by atoms with Crippen molar-refractivity contribution in [1.82, 2.24) is 25.0 Å². The van der Waals surface area contributed by atoms with Gasteiger partial charge in [-0.2, -0.15) is 5.10 Å². The van der Waals surface area contributed by atoms with Gasteiger partial charge in [-0.3, -0.25) is 0 Å². The Labute approximate surface area is 128 Å². The van der Waals surface area contributed by atoms with Crippen molar-refractivity contribution in [2.75, 3.05) is 0 Å². The van der Waals surface area contributed by atoms with Gasteiger partial charge in [0.25, 0.3) is 5.89 Å². The smallest absolute Gasteiger partial charge is 0.386 e. The van der Waals surface area contributed by atoms with Crippen molar-refractivity contribution in [2.24, 2.45) is 0 Å². The van der Waals surface area contributed by atoms with Crippen molar-refractivity contribution in [2.45, 2.75) is 6.54 Å². The third-order valence-corrected chi connectivity index (χ3v) is 3.43. The average molecular weight is 311 g/mol. The van der Waals surface area contributed by atoms with Crippen LogP contribution in [0.15, 0.2) is 51.8 Å². The van der Waals surface area contributed by atoms with Crippen LogP contribution < -0.4 is 5.76 Å². The fourth-order valence-electron chi connectivity index (χ4n) is 2.40. The lowest BCUT2D eigenvalue weighted by molar-refractivity contribution is 0.523. The zero-order valence-corrected chi connectivity index (χ0v) is 11.7. The summed E-state index contributed by atoms with van der Waals surface area (Å²) < 4.78 is 20.4. The van der Waals surface area contributed by atoms with Crippen molar-refractivity contribution in [1.29, 1.82) is 0 Å². The largest absolute Gasteiger partial charge is 0.434 e. The number of pyridine rings is 1. The molecule has 3 aromatic heterocycles. The van der Waals surface area contributed by atoms with Gasteiger partial charge in [-0.25, -0.2) is 23.9 Å². The number of aromatic amines is 1. The van der Waals surface area contributed by atoms with Gasteiger partial charge in [-0.05, 0) is 18.2 Å². The Morgan fingerprint density at radius 2 is 2.09 bits per heavy atom. The number of halogens is 1. The average Bonchev–Trinajstić information content (AvgIpc) is 3.14. The molecule has 0 aliphatic carbocycles. The number of nitrogens with zero attached hydrogens (tertiary/aromatic N) is 4. The van der Waals surface area contributed by atoms with Crippen molar-refractivity contribution >= 4 is 11.0 Å². The predicted octanol–water partition coefficient (Wildman–Crippen LogP) is 1.96. The van der Waals surface area contributed by atoms with Gasteiger partial charge < -0.3 is 4.42 Å². The fourth-order valence-corrected chi connectivity index (χ4v) is 2.40. The molecule has 23 heavy (non-hydrogen) atoms. The molecule has 0 radical (unpaired) electrons. The second kappa shape index (κ2) is 5.16.